The van der Waals surface area contributed by atoms with E-state index in [2.05, 4.69) is 17.2 Å². The van der Waals surface area contributed by atoms with Crippen molar-refractivity contribution >= 4 is 23.2 Å². The van der Waals surface area contributed by atoms with Gasteiger partial charge in [0, 0.05) is 6.20 Å². The van der Waals surface area contributed by atoms with Gasteiger partial charge in [-0.15, -0.1) is 0 Å². The summed E-state index contributed by atoms with van der Waals surface area (Å²) in [6.45, 7) is 3.79. The van der Waals surface area contributed by atoms with Crippen molar-refractivity contribution in [2.75, 3.05) is 18.4 Å². The molecule has 2 rings (SSSR count). The Labute approximate surface area is 112 Å². The number of pyridine rings is 1. The summed E-state index contributed by atoms with van der Waals surface area (Å²) in [5, 5.41) is 3.16. The van der Waals surface area contributed by atoms with Gasteiger partial charge in [0.05, 0.1) is 18.3 Å². The second-order valence-corrected chi connectivity index (χ2v) is 5.23. The lowest BCUT2D eigenvalue weighted by Crippen LogP contribution is -3.17. The Morgan fingerprint density at radius 1 is 1.61 bits per heavy atom. The number of hydrogen-bond acceptors (Lipinski definition) is 2. The van der Waals surface area contributed by atoms with Gasteiger partial charge in [0.2, 0.25) is 0 Å². The molecule has 4 nitrogen and oxygen atoms in total. The number of nitrogens with one attached hydrogen (secondary N) is 2. The minimum Gasteiger partial charge on any atom is -0.325 e. The van der Waals surface area contributed by atoms with Crippen LogP contribution in [0.15, 0.2) is 18.3 Å². The Hall–Kier alpha value is -1.13. The van der Waals surface area contributed by atoms with Crippen LogP contribution in [0.25, 0.3) is 0 Å². The quantitative estimate of drug-likeness (QED) is 0.808. The molecular formula is C13H19ClN3O+. The largest absolute Gasteiger partial charge is 0.325 e. The first-order chi connectivity index (χ1) is 8.66. The van der Waals surface area contributed by atoms with E-state index < -0.39 is 0 Å². The summed E-state index contributed by atoms with van der Waals surface area (Å²) in [6, 6.07) is 4.09. The first-order valence-electron chi connectivity index (χ1n) is 6.42. The van der Waals surface area contributed by atoms with Crippen LogP contribution in [0.2, 0.25) is 5.15 Å². The fourth-order valence-electron chi connectivity index (χ4n) is 2.40. The predicted molar refractivity (Wildman–Crippen MR) is 71.9 cm³/mol. The number of nitrogens with zero attached hydrogens (tertiary/aromatic N) is 1. The van der Waals surface area contributed by atoms with Crippen LogP contribution in [-0.4, -0.2) is 30.0 Å². The van der Waals surface area contributed by atoms with Gasteiger partial charge in [0.1, 0.15) is 0 Å². The van der Waals surface area contributed by atoms with E-state index in [0.29, 0.717) is 23.4 Å². The second kappa shape index (κ2) is 6.16. The Bertz CT molecular complexity index is 424. The molecule has 98 valence electrons. The van der Waals surface area contributed by atoms with Crippen molar-refractivity contribution in [3.8, 4) is 0 Å². The SMILES string of the molecule is C[C@@H]1CCCC[NH+]1CC(=O)Nc1cccnc1Cl. The van der Waals surface area contributed by atoms with E-state index in [4.69, 9.17) is 11.6 Å². The van der Waals surface area contributed by atoms with Crippen LogP contribution in [0, 0.1) is 0 Å². The summed E-state index contributed by atoms with van der Waals surface area (Å²) in [4.78, 5) is 17.3. The first kappa shape index (κ1) is 13.3. The molecule has 2 atom stereocenters. The maximum absolute atomic E-state index is 12.0. The first-order valence-corrected chi connectivity index (χ1v) is 6.79. The van der Waals surface area contributed by atoms with E-state index in [0.717, 1.165) is 6.54 Å². The van der Waals surface area contributed by atoms with Crippen molar-refractivity contribution in [1.29, 1.82) is 0 Å². The molecular weight excluding hydrogens is 250 g/mol. The minimum atomic E-state index is 0.00801. The van der Waals surface area contributed by atoms with Crippen molar-refractivity contribution in [3.05, 3.63) is 23.5 Å². The van der Waals surface area contributed by atoms with Gasteiger partial charge in [-0.1, -0.05) is 11.6 Å². The maximum atomic E-state index is 12.0. The van der Waals surface area contributed by atoms with Crippen LogP contribution in [0.4, 0.5) is 5.69 Å². The highest BCUT2D eigenvalue weighted by Crippen LogP contribution is 2.16. The van der Waals surface area contributed by atoms with Crippen molar-refractivity contribution < 1.29 is 9.69 Å². The highest BCUT2D eigenvalue weighted by Gasteiger charge is 2.24. The van der Waals surface area contributed by atoms with E-state index in [1.165, 1.54) is 24.2 Å². The molecule has 1 unspecified atom stereocenters. The number of amides is 1. The number of hydrogen-bond donors (Lipinski definition) is 2. The third-order valence-electron chi connectivity index (χ3n) is 3.50. The summed E-state index contributed by atoms with van der Waals surface area (Å²) in [6.07, 6.45) is 5.30. The maximum Gasteiger partial charge on any atom is 0.279 e. The number of halogens is 1. The minimum absolute atomic E-state index is 0.00801. The van der Waals surface area contributed by atoms with Gasteiger partial charge in [-0.05, 0) is 38.3 Å². The number of likely N-dealkylation sites (tertiary alicyclic amines) is 1. The van der Waals surface area contributed by atoms with Gasteiger partial charge in [-0.25, -0.2) is 4.98 Å². The van der Waals surface area contributed by atoms with E-state index in [1.54, 1.807) is 18.3 Å². The van der Waals surface area contributed by atoms with Crippen LogP contribution in [0.5, 0.6) is 0 Å². The molecule has 1 aromatic rings. The fraction of sp³-hybridized carbons (Fsp3) is 0.538. The van der Waals surface area contributed by atoms with Crippen molar-refractivity contribution in [2.45, 2.75) is 32.2 Å². The molecule has 0 bridgehead atoms. The smallest absolute Gasteiger partial charge is 0.279 e. The van der Waals surface area contributed by atoms with Gasteiger partial charge in [0.25, 0.3) is 5.91 Å². The van der Waals surface area contributed by atoms with Crippen molar-refractivity contribution in [1.82, 2.24) is 4.98 Å². The average molecular weight is 269 g/mol. The third kappa shape index (κ3) is 3.43. The number of carbonyl (C=O) groups excluding carboxylic acids is 1. The molecule has 0 aliphatic carbocycles. The van der Waals surface area contributed by atoms with Crippen LogP contribution in [-0.2, 0) is 4.79 Å². The molecule has 18 heavy (non-hydrogen) atoms. The predicted octanol–water partition coefficient (Wildman–Crippen LogP) is 1.13. The van der Waals surface area contributed by atoms with Gasteiger partial charge in [-0.2, -0.15) is 0 Å². The lowest BCUT2D eigenvalue weighted by atomic mass is 10.0. The fourth-order valence-corrected chi connectivity index (χ4v) is 2.56. The lowest BCUT2D eigenvalue weighted by Gasteiger charge is -2.29. The number of rotatable bonds is 3. The van der Waals surface area contributed by atoms with Gasteiger partial charge >= 0.3 is 0 Å². The Morgan fingerprint density at radius 3 is 3.17 bits per heavy atom. The molecule has 5 heteroatoms. The highest BCUT2D eigenvalue weighted by molar-refractivity contribution is 6.32. The molecule has 1 fully saturated rings. The zero-order chi connectivity index (χ0) is 13.0. The number of piperidine rings is 1. The molecule has 1 aliphatic rings. The number of quaternary nitrogens is 1. The van der Waals surface area contributed by atoms with Gasteiger partial charge in [0.15, 0.2) is 11.7 Å². The topological polar surface area (TPSA) is 46.4 Å². The molecule has 1 saturated heterocycles. The summed E-state index contributed by atoms with van der Waals surface area (Å²) in [5.41, 5.74) is 0.591. The lowest BCUT2D eigenvalue weighted by molar-refractivity contribution is -0.920. The normalized spacial score (nSPS) is 23.7. The van der Waals surface area contributed by atoms with Crippen LogP contribution >= 0.6 is 11.6 Å². The number of anilines is 1. The number of aromatic nitrogens is 1. The highest BCUT2D eigenvalue weighted by atomic mass is 35.5. The molecule has 2 heterocycles. The summed E-state index contributed by atoms with van der Waals surface area (Å²) >= 11 is 5.91. The Morgan fingerprint density at radius 2 is 2.44 bits per heavy atom. The third-order valence-corrected chi connectivity index (χ3v) is 3.80. The molecule has 1 aliphatic heterocycles. The summed E-state index contributed by atoms with van der Waals surface area (Å²) < 4.78 is 0. The van der Waals surface area contributed by atoms with Crippen molar-refractivity contribution in [3.63, 3.8) is 0 Å². The monoisotopic (exact) mass is 268 g/mol. The molecule has 0 radical (unpaired) electrons. The van der Waals surface area contributed by atoms with Crippen LogP contribution in [0.3, 0.4) is 0 Å². The van der Waals surface area contributed by atoms with E-state index in [-0.39, 0.29) is 5.91 Å². The van der Waals surface area contributed by atoms with E-state index in [1.807, 2.05) is 0 Å². The molecule has 1 amide bonds. The van der Waals surface area contributed by atoms with Crippen LogP contribution in [0.1, 0.15) is 26.2 Å². The Kier molecular flexibility index (Phi) is 4.55. The standard InChI is InChI=1S/C13H18ClN3O/c1-10-5-2-3-8-17(10)9-12(18)16-11-6-4-7-15-13(11)14/h4,6-7,10H,2-3,5,8-9H2,1H3,(H,16,18)/p+1/t10-/m1/s1. The zero-order valence-electron chi connectivity index (χ0n) is 10.6. The van der Waals surface area contributed by atoms with Crippen molar-refractivity contribution in [2.24, 2.45) is 0 Å². The zero-order valence-corrected chi connectivity index (χ0v) is 11.3. The molecule has 0 saturated carbocycles. The van der Waals surface area contributed by atoms with Crippen LogP contribution < -0.4 is 10.2 Å². The Balaban J connectivity index is 1.90. The number of carbonyl (C=O) groups is 1. The molecule has 0 aromatic carbocycles. The van der Waals surface area contributed by atoms with E-state index in [9.17, 15) is 4.79 Å². The molecule has 2 N–H and O–H groups in total. The molecule has 0 spiro atoms. The molecule has 1 aromatic heterocycles. The average Bonchev–Trinajstić information content (AvgIpc) is 2.35. The second-order valence-electron chi connectivity index (χ2n) is 4.87. The summed E-state index contributed by atoms with van der Waals surface area (Å²) in [7, 11) is 0. The van der Waals surface area contributed by atoms with E-state index >= 15 is 0 Å². The van der Waals surface area contributed by atoms with Gasteiger partial charge < -0.3 is 10.2 Å². The summed E-state index contributed by atoms with van der Waals surface area (Å²) in [5.74, 6) is 0.00801. The van der Waals surface area contributed by atoms with Gasteiger partial charge in [-0.3, -0.25) is 4.79 Å².